The van der Waals surface area contributed by atoms with Gasteiger partial charge in [0.1, 0.15) is 0 Å². The number of hydrogen-bond acceptors (Lipinski definition) is 2. The second-order valence-corrected chi connectivity index (χ2v) is 8.62. The maximum absolute atomic E-state index is 6.29. The topological polar surface area (TPSA) is 33.1 Å². The summed E-state index contributed by atoms with van der Waals surface area (Å²) >= 11 is 18.2. The van der Waals surface area contributed by atoms with E-state index in [2.05, 4.69) is 39.6 Å². The molecule has 4 aromatic rings. The van der Waals surface area contributed by atoms with E-state index in [1.54, 1.807) is 16.8 Å². The Labute approximate surface area is 203 Å². The molecule has 0 spiro atoms. The first kappa shape index (κ1) is 22.3. The van der Waals surface area contributed by atoms with E-state index >= 15 is 0 Å². The highest BCUT2D eigenvalue weighted by Crippen LogP contribution is 2.22. The summed E-state index contributed by atoms with van der Waals surface area (Å²) in [5.41, 5.74) is 3.29. The molecule has 0 saturated heterocycles. The van der Waals surface area contributed by atoms with Gasteiger partial charge in [0, 0.05) is 35.4 Å². The summed E-state index contributed by atoms with van der Waals surface area (Å²) in [7, 11) is 0. The Kier molecular flexibility index (Phi) is 7.43. The highest BCUT2D eigenvalue weighted by atomic mass is 35.5. The van der Waals surface area contributed by atoms with Gasteiger partial charge in [-0.3, -0.25) is 4.68 Å². The Balaban J connectivity index is 1.47. The Morgan fingerprint density at radius 1 is 0.875 bits per heavy atom. The van der Waals surface area contributed by atoms with Gasteiger partial charge >= 0.3 is 0 Å². The molecule has 1 N–H and O–H groups in total. The molecular formula is C25H22Cl2N4S. The Morgan fingerprint density at radius 2 is 1.50 bits per heavy atom. The minimum atomic E-state index is 0.519. The summed E-state index contributed by atoms with van der Waals surface area (Å²) in [6.45, 7) is 1.91. The average Bonchev–Trinajstić information content (AvgIpc) is 3.24. The lowest BCUT2D eigenvalue weighted by Gasteiger charge is -2.25. The SMILES string of the molecule is S=C(Nc1ccn(Cc2cc(Cl)ccc2Cl)n1)N(Cc1ccccc1)Cc1ccccc1. The summed E-state index contributed by atoms with van der Waals surface area (Å²) in [6, 6.07) is 27.9. The van der Waals surface area contributed by atoms with Gasteiger partial charge in [0.2, 0.25) is 0 Å². The van der Waals surface area contributed by atoms with E-state index in [-0.39, 0.29) is 0 Å². The van der Waals surface area contributed by atoms with Gasteiger partial charge in [-0.2, -0.15) is 5.10 Å². The molecule has 0 saturated carbocycles. The zero-order valence-electron chi connectivity index (χ0n) is 17.3. The number of halogens is 2. The average molecular weight is 481 g/mol. The van der Waals surface area contributed by atoms with Crippen LogP contribution < -0.4 is 5.32 Å². The van der Waals surface area contributed by atoms with Crippen molar-refractivity contribution in [2.45, 2.75) is 19.6 Å². The number of benzene rings is 3. The lowest BCUT2D eigenvalue weighted by atomic mass is 10.2. The van der Waals surface area contributed by atoms with Crippen LogP contribution in [0.4, 0.5) is 5.82 Å². The smallest absolute Gasteiger partial charge is 0.175 e. The van der Waals surface area contributed by atoms with Crippen molar-refractivity contribution in [3.8, 4) is 0 Å². The van der Waals surface area contributed by atoms with Crippen LogP contribution in [0.15, 0.2) is 91.1 Å². The second kappa shape index (κ2) is 10.6. The van der Waals surface area contributed by atoms with Gasteiger partial charge in [0.05, 0.1) is 6.54 Å². The quantitative estimate of drug-likeness (QED) is 0.300. The van der Waals surface area contributed by atoms with E-state index in [4.69, 9.17) is 35.4 Å². The fourth-order valence-electron chi connectivity index (χ4n) is 3.35. The molecule has 0 aliphatic rings. The van der Waals surface area contributed by atoms with Crippen molar-refractivity contribution < 1.29 is 0 Å². The van der Waals surface area contributed by atoms with Gasteiger partial charge in [-0.05, 0) is 47.1 Å². The van der Waals surface area contributed by atoms with E-state index in [0.717, 1.165) is 5.56 Å². The standard InChI is InChI=1S/C25H22Cl2N4S/c26-22-11-12-23(27)21(15-22)18-31-14-13-24(29-31)28-25(32)30(16-19-7-3-1-4-8-19)17-20-9-5-2-6-10-20/h1-15H,16-18H2,(H,28,29,32). The van der Waals surface area contributed by atoms with E-state index in [1.165, 1.54) is 11.1 Å². The maximum atomic E-state index is 6.29. The first-order valence-electron chi connectivity index (χ1n) is 10.2. The fourth-order valence-corrected chi connectivity index (χ4v) is 3.96. The van der Waals surface area contributed by atoms with Gasteiger partial charge in [0.15, 0.2) is 10.9 Å². The largest absolute Gasteiger partial charge is 0.340 e. The van der Waals surface area contributed by atoms with Crippen LogP contribution in [0, 0.1) is 0 Å². The normalized spacial score (nSPS) is 10.7. The Morgan fingerprint density at radius 3 is 2.12 bits per heavy atom. The zero-order valence-corrected chi connectivity index (χ0v) is 19.6. The number of anilines is 1. The minimum absolute atomic E-state index is 0.519. The lowest BCUT2D eigenvalue weighted by Crippen LogP contribution is -2.34. The van der Waals surface area contributed by atoms with Crippen molar-refractivity contribution in [1.29, 1.82) is 0 Å². The van der Waals surface area contributed by atoms with Crippen molar-refractivity contribution in [2.75, 3.05) is 5.32 Å². The van der Waals surface area contributed by atoms with Gasteiger partial charge in [-0.25, -0.2) is 0 Å². The third kappa shape index (κ3) is 6.10. The molecule has 0 fully saturated rings. The first-order chi connectivity index (χ1) is 15.6. The number of nitrogens with one attached hydrogen (secondary N) is 1. The van der Waals surface area contributed by atoms with Crippen LogP contribution in [0.5, 0.6) is 0 Å². The molecule has 0 amide bonds. The third-order valence-corrected chi connectivity index (χ3v) is 5.90. The van der Waals surface area contributed by atoms with Crippen molar-refractivity contribution >= 4 is 46.4 Å². The molecule has 0 unspecified atom stereocenters. The monoisotopic (exact) mass is 480 g/mol. The lowest BCUT2D eigenvalue weighted by molar-refractivity contribution is 0.412. The molecule has 0 aliphatic heterocycles. The third-order valence-electron chi connectivity index (χ3n) is 4.94. The van der Waals surface area contributed by atoms with Crippen LogP contribution in [0.1, 0.15) is 16.7 Å². The summed E-state index contributed by atoms with van der Waals surface area (Å²) in [5.74, 6) is 0.680. The van der Waals surface area contributed by atoms with Crippen LogP contribution in [-0.2, 0) is 19.6 Å². The van der Waals surface area contributed by atoms with Gasteiger partial charge in [-0.15, -0.1) is 0 Å². The van der Waals surface area contributed by atoms with Crippen molar-refractivity contribution in [3.63, 3.8) is 0 Å². The molecule has 32 heavy (non-hydrogen) atoms. The summed E-state index contributed by atoms with van der Waals surface area (Å²) in [4.78, 5) is 2.13. The van der Waals surface area contributed by atoms with Gasteiger partial charge < -0.3 is 10.2 Å². The van der Waals surface area contributed by atoms with Crippen molar-refractivity contribution in [1.82, 2.24) is 14.7 Å². The van der Waals surface area contributed by atoms with Crippen LogP contribution in [0.25, 0.3) is 0 Å². The van der Waals surface area contributed by atoms with Crippen LogP contribution in [0.2, 0.25) is 10.0 Å². The van der Waals surface area contributed by atoms with E-state index < -0.39 is 0 Å². The number of aromatic nitrogens is 2. The first-order valence-corrected chi connectivity index (χ1v) is 11.3. The van der Waals surface area contributed by atoms with Crippen LogP contribution in [0.3, 0.4) is 0 Å². The van der Waals surface area contributed by atoms with Gasteiger partial charge in [-0.1, -0.05) is 83.9 Å². The maximum Gasteiger partial charge on any atom is 0.175 e. The Bertz CT molecular complexity index is 1140. The molecule has 4 nitrogen and oxygen atoms in total. The molecular weight excluding hydrogens is 459 g/mol. The Hall–Kier alpha value is -2.86. The number of thiocarbonyl (C=S) groups is 1. The molecule has 1 aromatic heterocycles. The summed E-state index contributed by atoms with van der Waals surface area (Å²) < 4.78 is 1.81. The fraction of sp³-hybridized carbons (Fsp3) is 0.120. The molecule has 3 aromatic carbocycles. The van der Waals surface area contributed by atoms with Crippen molar-refractivity contribution in [3.05, 3.63) is 118 Å². The number of rotatable bonds is 7. The van der Waals surface area contributed by atoms with Crippen molar-refractivity contribution in [2.24, 2.45) is 0 Å². The highest BCUT2D eigenvalue weighted by Gasteiger charge is 2.13. The predicted molar refractivity (Wildman–Crippen MR) is 136 cm³/mol. The summed E-state index contributed by atoms with van der Waals surface area (Å²) in [5, 5.41) is 9.80. The predicted octanol–water partition coefficient (Wildman–Crippen LogP) is 6.64. The molecule has 4 rings (SSSR count). The number of hydrogen-bond donors (Lipinski definition) is 1. The van der Waals surface area contributed by atoms with Crippen LogP contribution >= 0.6 is 35.4 Å². The molecule has 0 aliphatic carbocycles. The minimum Gasteiger partial charge on any atom is -0.340 e. The summed E-state index contributed by atoms with van der Waals surface area (Å²) in [6.07, 6.45) is 1.89. The van der Waals surface area contributed by atoms with Gasteiger partial charge in [0.25, 0.3) is 0 Å². The molecule has 7 heteroatoms. The number of nitrogens with zero attached hydrogens (tertiary/aromatic N) is 3. The molecule has 1 heterocycles. The zero-order chi connectivity index (χ0) is 22.3. The molecule has 0 radical (unpaired) electrons. The second-order valence-electron chi connectivity index (χ2n) is 7.39. The molecule has 162 valence electrons. The van der Waals surface area contributed by atoms with E-state index in [9.17, 15) is 0 Å². The highest BCUT2D eigenvalue weighted by molar-refractivity contribution is 7.80. The molecule has 0 bridgehead atoms. The van der Waals surface area contributed by atoms with Crippen LogP contribution in [-0.4, -0.2) is 19.8 Å². The molecule has 0 atom stereocenters. The van der Waals surface area contributed by atoms with E-state index in [1.807, 2.05) is 54.7 Å². The van der Waals surface area contributed by atoms with E-state index in [0.29, 0.717) is 40.6 Å².